The summed E-state index contributed by atoms with van der Waals surface area (Å²) in [5, 5.41) is 22.6. The molecular formula is C28H50N2O3. The Morgan fingerprint density at radius 3 is 2.61 bits per heavy atom. The molecule has 0 heterocycles. The third-order valence-corrected chi connectivity index (χ3v) is 10.7. The van der Waals surface area contributed by atoms with Gasteiger partial charge in [0.15, 0.2) is 0 Å². The minimum Gasteiger partial charge on any atom is -0.393 e. The molecule has 0 aliphatic heterocycles. The smallest absolute Gasteiger partial charge is 0.0737 e. The van der Waals surface area contributed by atoms with Crippen LogP contribution in [0, 0.1) is 34.5 Å². The van der Waals surface area contributed by atoms with E-state index in [2.05, 4.69) is 51.3 Å². The summed E-state index contributed by atoms with van der Waals surface area (Å²) in [6.45, 7) is 9.59. The summed E-state index contributed by atoms with van der Waals surface area (Å²) < 4.78 is 0. The van der Waals surface area contributed by atoms with Gasteiger partial charge in [0.05, 0.1) is 18.3 Å². The molecule has 190 valence electrons. The lowest BCUT2D eigenvalue weighted by Crippen LogP contribution is -2.62. The number of aliphatic hydroxyl groups excluding tert-OH is 1. The van der Waals surface area contributed by atoms with Crippen LogP contribution in [0.4, 0.5) is 0 Å². The highest BCUT2D eigenvalue weighted by Crippen LogP contribution is 2.69. The highest BCUT2D eigenvalue weighted by molar-refractivity contribution is 5.21. The molecule has 0 unspecified atom stereocenters. The fourth-order valence-electron chi connectivity index (χ4n) is 8.60. The summed E-state index contributed by atoms with van der Waals surface area (Å²) >= 11 is 0. The summed E-state index contributed by atoms with van der Waals surface area (Å²) in [5.74, 6) is 2.11. The highest BCUT2D eigenvalue weighted by atomic mass is 16.6. The second-order valence-electron chi connectivity index (χ2n) is 12.8. The van der Waals surface area contributed by atoms with Gasteiger partial charge in [-0.3, -0.25) is 0 Å². The first-order valence-corrected chi connectivity index (χ1v) is 13.7. The molecule has 4 aliphatic rings. The van der Waals surface area contributed by atoms with Crippen molar-refractivity contribution in [3.05, 3.63) is 11.6 Å². The van der Waals surface area contributed by atoms with Crippen LogP contribution in [0.1, 0.15) is 85.0 Å². The van der Waals surface area contributed by atoms with Crippen molar-refractivity contribution in [2.75, 3.05) is 33.8 Å². The number of hydroxylamine groups is 1. The number of hydrogen-bond acceptors (Lipinski definition) is 5. The van der Waals surface area contributed by atoms with Crippen molar-refractivity contribution in [1.29, 1.82) is 0 Å². The standard InChI is InChI=1S/C28H50N2O3/c1-20(19-29-33-16-6-15-30(4)5)17-22-9-14-28(32)25-8-7-21-18-23(31)10-12-26(21,2)24(25)11-13-27(22,28)3/h17,21-25,29,31-32H,6-16,18-19H2,1-5H3/b20-17+/t21-,22-,23+,24+,25-,26+,27-,28+/m1/s1. The maximum atomic E-state index is 12.3. The Bertz CT molecular complexity index is 711. The van der Waals surface area contributed by atoms with Crippen molar-refractivity contribution in [3.63, 3.8) is 0 Å². The number of allylic oxidation sites excluding steroid dienone is 1. The SMILES string of the molecule is C/C(=C\[C@H]1CC[C@]2(O)[C@@H]3CC[C@@H]4C[C@@H](O)CC[C@]4(C)[C@H]3CC[C@]12C)CNOCCCN(C)C. The Hall–Kier alpha value is -0.460. The molecule has 5 nitrogen and oxygen atoms in total. The highest BCUT2D eigenvalue weighted by Gasteiger charge is 2.66. The number of nitrogens with zero attached hydrogens (tertiary/aromatic N) is 1. The van der Waals surface area contributed by atoms with E-state index in [9.17, 15) is 10.2 Å². The van der Waals surface area contributed by atoms with Crippen molar-refractivity contribution in [3.8, 4) is 0 Å². The van der Waals surface area contributed by atoms with Crippen molar-refractivity contribution >= 4 is 0 Å². The van der Waals surface area contributed by atoms with Crippen LogP contribution in [0.15, 0.2) is 11.6 Å². The normalized spacial score (nSPS) is 45.6. The third-order valence-electron chi connectivity index (χ3n) is 10.7. The zero-order valence-electron chi connectivity index (χ0n) is 21.9. The number of hydrogen-bond donors (Lipinski definition) is 3. The number of rotatable bonds is 8. The minimum atomic E-state index is -0.544. The zero-order valence-corrected chi connectivity index (χ0v) is 21.9. The molecule has 8 atom stereocenters. The van der Waals surface area contributed by atoms with E-state index in [-0.39, 0.29) is 11.5 Å². The third kappa shape index (κ3) is 4.70. The van der Waals surface area contributed by atoms with Gasteiger partial charge in [-0.25, -0.2) is 0 Å². The van der Waals surface area contributed by atoms with Crippen LogP contribution < -0.4 is 5.48 Å². The summed E-state index contributed by atoms with van der Waals surface area (Å²) in [7, 11) is 4.17. The molecule has 0 aromatic rings. The van der Waals surface area contributed by atoms with Crippen molar-refractivity contribution in [1.82, 2.24) is 10.4 Å². The molecule has 0 aromatic carbocycles. The molecule has 4 saturated carbocycles. The lowest BCUT2D eigenvalue weighted by Gasteiger charge is -2.63. The average molecular weight is 463 g/mol. The first kappa shape index (κ1) is 25.6. The maximum absolute atomic E-state index is 12.3. The molecule has 4 rings (SSSR count). The lowest BCUT2D eigenvalue weighted by atomic mass is 9.43. The monoisotopic (exact) mass is 462 g/mol. The van der Waals surface area contributed by atoms with E-state index in [1.54, 1.807) is 0 Å². The van der Waals surface area contributed by atoms with Crippen LogP contribution in [0.5, 0.6) is 0 Å². The molecular weight excluding hydrogens is 412 g/mol. The van der Waals surface area contributed by atoms with Gasteiger partial charge in [0.1, 0.15) is 0 Å². The molecule has 0 saturated heterocycles. The largest absolute Gasteiger partial charge is 0.393 e. The van der Waals surface area contributed by atoms with E-state index < -0.39 is 5.60 Å². The second-order valence-corrected chi connectivity index (χ2v) is 12.8. The molecule has 0 spiro atoms. The summed E-state index contributed by atoms with van der Waals surface area (Å²) in [4.78, 5) is 7.80. The Balaban J connectivity index is 1.39. The fraction of sp³-hybridized carbons (Fsp3) is 0.929. The van der Waals surface area contributed by atoms with Gasteiger partial charge < -0.3 is 20.0 Å². The zero-order chi connectivity index (χ0) is 23.9. The van der Waals surface area contributed by atoms with Gasteiger partial charge in [-0.1, -0.05) is 25.5 Å². The molecule has 0 amide bonds. The first-order chi connectivity index (χ1) is 15.6. The number of nitrogens with one attached hydrogen (secondary N) is 1. The van der Waals surface area contributed by atoms with E-state index in [0.717, 1.165) is 71.1 Å². The average Bonchev–Trinajstić information content (AvgIpc) is 3.02. The van der Waals surface area contributed by atoms with Gasteiger partial charge in [0.25, 0.3) is 0 Å². The van der Waals surface area contributed by atoms with E-state index >= 15 is 0 Å². The Morgan fingerprint density at radius 1 is 1.06 bits per heavy atom. The summed E-state index contributed by atoms with van der Waals surface area (Å²) in [5.41, 5.74) is 4.19. The predicted molar refractivity (Wildman–Crippen MR) is 134 cm³/mol. The number of aliphatic hydroxyl groups is 2. The van der Waals surface area contributed by atoms with E-state index in [1.165, 1.54) is 18.4 Å². The quantitative estimate of drug-likeness (QED) is 0.281. The second kappa shape index (κ2) is 9.89. The molecule has 4 aliphatic carbocycles. The Kier molecular flexibility index (Phi) is 7.68. The molecule has 0 bridgehead atoms. The minimum absolute atomic E-state index is 0.0284. The van der Waals surface area contributed by atoms with Crippen molar-refractivity contribution in [2.45, 2.75) is 96.7 Å². The Labute approximate surface area is 202 Å². The van der Waals surface area contributed by atoms with Gasteiger partial charge in [-0.15, -0.1) is 0 Å². The molecule has 33 heavy (non-hydrogen) atoms. The van der Waals surface area contributed by atoms with Gasteiger partial charge in [-0.2, -0.15) is 5.48 Å². The molecule has 0 aromatic heterocycles. The Morgan fingerprint density at radius 2 is 1.85 bits per heavy atom. The number of fused-ring (bicyclic) bond motifs is 5. The van der Waals surface area contributed by atoms with E-state index in [1.807, 2.05) is 0 Å². The molecule has 4 fully saturated rings. The van der Waals surface area contributed by atoms with Gasteiger partial charge in [0, 0.05) is 12.0 Å². The van der Waals surface area contributed by atoms with Gasteiger partial charge in [-0.05, 0) is 121 Å². The van der Waals surface area contributed by atoms with Crippen LogP contribution in [0.3, 0.4) is 0 Å². The van der Waals surface area contributed by atoms with Crippen LogP contribution in [0.25, 0.3) is 0 Å². The van der Waals surface area contributed by atoms with Crippen LogP contribution in [-0.2, 0) is 4.84 Å². The predicted octanol–water partition coefficient (Wildman–Crippen LogP) is 4.54. The van der Waals surface area contributed by atoms with E-state index in [4.69, 9.17) is 4.84 Å². The first-order valence-electron chi connectivity index (χ1n) is 13.7. The molecule has 5 heteroatoms. The van der Waals surface area contributed by atoms with Gasteiger partial charge >= 0.3 is 0 Å². The van der Waals surface area contributed by atoms with Crippen molar-refractivity contribution in [2.24, 2.45) is 34.5 Å². The van der Waals surface area contributed by atoms with Crippen molar-refractivity contribution < 1.29 is 15.1 Å². The topological polar surface area (TPSA) is 65.0 Å². The summed E-state index contributed by atoms with van der Waals surface area (Å²) in [6, 6.07) is 0. The summed E-state index contributed by atoms with van der Waals surface area (Å²) in [6.07, 6.45) is 13.1. The molecule has 0 radical (unpaired) electrons. The maximum Gasteiger partial charge on any atom is 0.0737 e. The molecule has 3 N–H and O–H groups in total. The van der Waals surface area contributed by atoms with Crippen LogP contribution in [-0.4, -0.2) is 60.6 Å². The van der Waals surface area contributed by atoms with Crippen LogP contribution >= 0.6 is 0 Å². The van der Waals surface area contributed by atoms with E-state index in [0.29, 0.717) is 29.1 Å². The lowest BCUT2D eigenvalue weighted by molar-refractivity contribution is -0.207. The van der Waals surface area contributed by atoms with Crippen LogP contribution in [0.2, 0.25) is 0 Å². The fourth-order valence-corrected chi connectivity index (χ4v) is 8.60. The van der Waals surface area contributed by atoms with Gasteiger partial charge in [0.2, 0.25) is 0 Å².